The molecule has 1 aliphatic heterocycles. The summed E-state index contributed by atoms with van der Waals surface area (Å²) in [5, 5.41) is 3.03. The average Bonchev–Trinajstić information content (AvgIpc) is 3.55. The van der Waals surface area contributed by atoms with Crippen molar-refractivity contribution in [3.63, 3.8) is 0 Å². The summed E-state index contributed by atoms with van der Waals surface area (Å²) in [7, 11) is 0. The number of unbranched alkanes of at least 4 members (excludes halogenated alkanes) is 7. The van der Waals surface area contributed by atoms with Crippen molar-refractivity contribution in [2.75, 3.05) is 18.4 Å². The van der Waals surface area contributed by atoms with E-state index in [1.165, 1.54) is 56.9 Å². The number of rotatable bonds is 10. The smallest absolute Gasteiger partial charge is 0.410 e. The van der Waals surface area contributed by atoms with Gasteiger partial charge in [0, 0.05) is 18.8 Å². The van der Waals surface area contributed by atoms with Crippen LogP contribution in [0.2, 0.25) is 0 Å². The Morgan fingerprint density at radius 1 is 0.909 bits per heavy atom. The van der Waals surface area contributed by atoms with Gasteiger partial charge in [-0.3, -0.25) is 0 Å². The van der Waals surface area contributed by atoms with Crippen LogP contribution in [0.15, 0.2) is 24.3 Å². The Balaban J connectivity index is 1.36. The summed E-state index contributed by atoms with van der Waals surface area (Å²) in [6.07, 6.45) is 12.3. The Morgan fingerprint density at radius 3 is 2.12 bits per heavy atom. The van der Waals surface area contributed by atoms with Crippen LogP contribution < -0.4 is 5.32 Å². The minimum Gasteiger partial charge on any atom is -0.444 e. The van der Waals surface area contributed by atoms with E-state index in [1.807, 2.05) is 37.8 Å². The van der Waals surface area contributed by atoms with Gasteiger partial charge in [-0.25, -0.2) is 9.59 Å². The summed E-state index contributed by atoms with van der Waals surface area (Å²) in [4.78, 5) is 28.9. The number of aryl methyl sites for hydroxylation is 1. The first-order chi connectivity index (χ1) is 15.8. The van der Waals surface area contributed by atoms with Gasteiger partial charge in [0.2, 0.25) is 0 Å². The first-order valence-corrected chi connectivity index (χ1v) is 12.9. The molecule has 2 aliphatic rings. The largest absolute Gasteiger partial charge is 0.444 e. The van der Waals surface area contributed by atoms with E-state index in [2.05, 4.69) is 24.4 Å². The van der Waals surface area contributed by atoms with Crippen LogP contribution >= 0.6 is 0 Å². The van der Waals surface area contributed by atoms with Gasteiger partial charge in [0.05, 0.1) is 12.1 Å². The molecule has 2 unspecified atom stereocenters. The fourth-order valence-corrected chi connectivity index (χ4v) is 4.60. The van der Waals surface area contributed by atoms with Crippen LogP contribution in [0, 0.1) is 0 Å². The third kappa shape index (κ3) is 7.94. The summed E-state index contributed by atoms with van der Waals surface area (Å²) in [5.41, 5.74) is 1.65. The Labute approximate surface area is 200 Å². The van der Waals surface area contributed by atoms with Crippen molar-refractivity contribution in [3.05, 3.63) is 29.8 Å². The highest BCUT2D eigenvalue weighted by Gasteiger charge is 2.53. The number of amides is 3. The van der Waals surface area contributed by atoms with E-state index < -0.39 is 5.60 Å². The predicted molar refractivity (Wildman–Crippen MR) is 134 cm³/mol. The van der Waals surface area contributed by atoms with Gasteiger partial charge in [-0.2, -0.15) is 0 Å². The monoisotopic (exact) mass is 457 g/mol. The molecule has 0 aromatic heterocycles. The van der Waals surface area contributed by atoms with Crippen molar-refractivity contribution < 1.29 is 14.3 Å². The van der Waals surface area contributed by atoms with E-state index in [4.69, 9.17) is 4.74 Å². The zero-order chi connectivity index (χ0) is 23.8. The fourth-order valence-electron chi connectivity index (χ4n) is 4.60. The Hall–Kier alpha value is -2.24. The second-order valence-electron chi connectivity index (χ2n) is 10.6. The number of benzene rings is 1. The maximum atomic E-state index is 12.8. The molecule has 1 saturated carbocycles. The number of hydrogen-bond acceptors (Lipinski definition) is 3. The van der Waals surface area contributed by atoms with Gasteiger partial charge in [0.15, 0.2) is 0 Å². The number of carbonyl (C=O) groups excluding carboxylic acids is 2. The van der Waals surface area contributed by atoms with E-state index >= 15 is 0 Å². The van der Waals surface area contributed by atoms with Crippen LogP contribution in [0.4, 0.5) is 15.3 Å². The van der Waals surface area contributed by atoms with Crippen LogP contribution in [-0.4, -0.2) is 52.7 Å². The number of hydrogen-bond donors (Lipinski definition) is 1. The van der Waals surface area contributed by atoms with E-state index in [-0.39, 0.29) is 24.2 Å². The van der Waals surface area contributed by atoms with Crippen LogP contribution in [0.1, 0.15) is 91.0 Å². The minimum atomic E-state index is -0.504. The number of nitrogens with zero attached hydrogens (tertiary/aromatic N) is 2. The van der Waals surface area contributed by atoms with Crippen molar-refractivity contribution in [3.8, 4) is 0 Å². The molecule has 1 aliphatic carbocycles. The summed E-state index contributed by atoms with van der Waals surface area (Å²) in [6.45, 7) is 8.93. The third-order valence-electron chi connectivity index (χ3n) is 6.52. The Morgan fingerprint density at radius 2 is 1.48 bits per heavy atom. The van der Waals surface area contributed by atoms with Gasteiger partial charge in [-0.15, -0.1) is 0 Å². The molecule has 2 atom stereocenters. The van der Waals surface area contributed by atoms with E-state index in [1.54, 1.807) is 4.90 Å². The number of urea groups is 1. The van der Waals surface area contributed by atoms with Crippen LogP contribution in [0.25, 0.3) is 0 Å². The molecule has 1 aromatic rings. The maximum Gasteiger partial charge on any atom is 0.410 e. The zero-order valence-electron chi connectivity index (χ0n) is 21.1. The highest BCUT2D eigenvalue weighted by atomic mass is 16.6. The molecule has 1 aromatic carbocycles. The molecule has 2 fully saturated rings. The number of fused-ring (bicyclic) bond motifs is 1. The summed E-state index contributed by atoms with van der Waals surface area (Å²) >= 11 is 0. The average molecular weight is 458 g/mol. The molecular weight excluding hydrogens is 414 g/mol. The van der Waals surface area contributed by atoms with Gasteiger partial charge < -0.3 is 19.9 Å². The second-order valence-corrected chi connectivity index (χ2v) is 10.6. The highest BCUT2D eigenvalue weighted by Crippen LogP contribution is 2.37. The van der Waals surface area contributed by atoms with E-state index in [9.17, 15) is 9.59 Å². The lowest BCUT2D eigenvalue weighted by Crippen LogP contribution is -2.52. The summed E-state index contributed by atoms with van der Waals surface area (Å²) in [6, 6.07) is 8.33. The Kier molecular flexibility index (Phi) is 9.04. The lowest BCUT2D eigenvalue weighted by atomic mass is 10.0. The van der Waals surface area contributed by atoms with Crippen molar-refractivity contribution in [2.45, 2.75) is 110 Å². The minimum absolute atomic E-state index is 0.0772. The van der Waals surface area contributed by atoms with Crippen molar-refractivity contribution in [1.82, 2.24) is 9.80 Å². The predicted octanol–water partition coefficient (Wildman–Crippen LogP) is 6.60. The number of ether oxygens (including phenoxy) is 1. The maximum absolute atomic E-state index is 12.8. The molecule has 0 bridgehead atoms. The SMILES string of the molecule is CCCCCCCCCCc1ccc(NC(=O)N2CCN(C(=O)OC(C)(C)C)C3CC32)cc1. The topological polar surface area (TPSA) is 61.9 Å². The van der Waals surface area contributed by atoms with Gasteiger partial charge in [-0.1, -0.05) is 64.0 Å². The molecule has 0 spiro atoms. The van der Waals surface area contributed by atoms with Gasteiger partial charge >= 0.3 is 12.1 Å². The molecule has 184 valence electrons. The quantitative estimate of drug-likeness (QED) is 0.403. The third-order valence-corrected chi connectivity index (χ3v) is 6.52. The molecule has 1 saturated heterocycles. The molecule has 3 amide bonds. The fraction of sp³-hybridized carbons (Fsp3) is 0.704. The molecule has 6 heteroatoms. The number of piperazine rings is 1. The molecule has 3 rings (SSSR count). The zero-order valence-corrected chi connectivity index (χ0v) is 21.1. The van der Waals surface area contributed by atoms with Crippen LogP contribution in [0.3, 0.4) is 0 Å². The standard InChI is InChI=1S/C27H43N3O3/c1-5-6-7-8-9-10-11-12-13-21-14-16-22(17-15-21)28-25(31)29-18-19-30(24-20-23(24)29)26(32)33-27(2,3)4/h14-17,23-24H,5-13,18-20H2,1-4H3,(H,28,31). The van der Waals surface area contributed by atoms with Crippen molar-refractivity contribution in [1.29, 1.82) is 0 Å². The number of anilines is 1. The number of nitrogens with one attached hydrogen (secondary N) is 1. The molecular formula is C27H43N3O3. The molecule has 33 heavy (non-hydrogen) atoms. The Bertz CT molecular complexity index is 772. The van der Waals surface area contributed by atoms with Crippen molar-refractivity contribution in [2.24, 2.45) is 0 Å². The number of carbonyl (C=O) groups is 2. The van der Waals surface area contributed by atoms with Gasteiger partial charge in [0.1, 0.15) is 5.60 Å². The molecule has 6 nitrogen and oxygen atoms in total. The van der Waals surface area contributed by atoms with Crippen LogP contribution in [0.5, 0.6) is 0 Å². The van der Waals surface area contributed by atoms with Crippen LogP contribution in [-0.2, 0) is 11.2 Å². The first kappa shape index (κ1) is 25.4. The summed E-state index contributed by atoms with van der Waals surface area (Å²) < 4.78 is 5.51. The van der Waals surface area contributed by atoms with Gasteiger partial charge in [0.25, 0.3) is 0 Å². The molecule has 0 radical (unpaired) electrons. The van der Waals surface area contributed by atoms with E-state index in [0.717, 1.165) is 18.5 Å². The normalized spacial score (nSPS) is 19.8. The van der Waals surface area contributed by atoms with Crippen molar-refractivity contribution >= 4 is 17.8 Å². The van der Waals surface area contributed by atoms with E-state index in [0.29, 0.717) is 13.1 Å². The summed E-state index contributed by atoms with van der Waals surface area (Å²) in [5.74, 6) is 0. The molecule has 1 N–H and O–H groups in total. The lowest BCUT2D eigenvalue weighted by Gasteiger charge is -2.35. The first-order valence-electron chi connectivity index (χ1n) is 12.9. The second kappa shape index (κ2) is 11.8. The lowest BCUT2D eigenvalue weighted by molar-refractivity contribution is 0.0158. The van der Waals surface area contributed by atoms with Gasteiger partial charge in [-0.05, 0) is 57.7 Å². The molecule has 1 heterocycles. The highest BCUT2D eigenvalue weighted by molar-refractivity contribution is 5.90.